The van der Waals surface area contributed by atoms with Crippen LogP contribution in [0.3, 0.4) is 0 Å². The summed E-state index contributed by atoms with van der Waals surface area (Å²) in [6.07, 6.45) is 0.293. The van der Waals surface area contributed by atoms with Gasteiger partial charge in [-0.1, -0.05) is 0 Å². The van der Waals surface area contributed by atoms with Gasteiger partial charge in [-0.15, -0.1) is 11.6 Å². The van der Waals surface area contributed by atoms with Gasteiger partial charge < -0.3 is 10.0 Å². The number of carbonyl (C=O) groups excluding carboxylic acids is 1. The van der Waals surface area contributed by atoms with Gasteiger partial charge in [-0.3, -0.25) is 14.9 Å². The average molecular weight is 271 g/mol. The molecular formula is C11H11ClN2O4. The summed E-state index contributed by atoms with van der Waals surface area (Å²) in [5.74, 6) is -0.0401. The van der Waals surface area contributed by atoms with Crippen LogP contribution in [-0.4, -0.2) is 28.4 Å². The molecular weight excluding hydrogens is 260 g/mol. The largest absolute Gasteiger partial charge is 0.508 e. The molecule has 0 aromatic heterocycles. The molecule has 2 rings (SSSR count). The average Bonchev–Trinajstić information content (AvgIpc) is 2.70. The number of phenolic OH excluding ortho intramolecular Hbond substituents is 1. The third-order valence-corrected chi connectivity index (χ3v) is 3.31. The number of nitro groups is 1. The lowest BCUT2D eigenvalue weighted by atomic mass is 10.1. The van der Waals surface area contributed by atoms with E-state index in [0.717, 1.165) is 6.07 Å². The molecule has 6 nitrogen and oxygen atoms in total. The number of phenols is 1. The zero-order chi connectivity index (χ0) is 13.3. The molecule has 1 aromatic carbocycles. The minimum absolute atomic E-state index is 0.00701. The van der Waals surface area contributed by atoms with Crippen LogP contribution in [0.5, 0.6) is 5.75 Å². The number of hydrogen-bond donors (Lipinski definition) is 1. The minimum atomic E-state index is -0.615. The second kappa shape index (κ2) is 4.81. The van der Waals surface area contributed by atoms with Gasteiger partial charge >= 0.3 is 0 Å². The van der Waals surface area contributed by atoms with Gasteiger partial charge in [0.05, 0.1) is 11.0 Å². The van der Waals surface area contributed by atoms with Crippen molar-refractivity contribution in [3.63, 3.8) is 0 Å². The summed E-state index contributed by atoms with van der Waals surface area (Å²) in [6, 6.07) is 3.74. The Hall–Kier alpha value is -1.82. The lowest BCUT2D eigenvalue weighted by molar-refractivity contribution is -0.384. The Labute approximate surface area is 108 Å². The molecule has 96 valence electrons. The number of halogens is 1. The van der Waals surface area contributed by atoms with Gasteiger partial charge in [-0.25, -0.2) is 0 Å². The predicted molar refractivity (Wildman–Crippen MR) is 65.9 cm³/mol. The van der Waals surface area contributed by atoms with Gasteiger partial charge in [0.15, 0.2) is 0 Å². The molecule has 7 heteroatoms. The number of benzene rings is 1. The van der Waals surface area contributed by atoms with Crippen LogP contribution in [0, 0.1) is 16.0 Å². The van der Waals surface area contributed by atoms with Crippen LogP contribution in [0.2, 0.25) is 0 Å². The highest BCUT2D eigenvalue weighted by Crippen LogP contribution is 2.35. The van der Waals surface area contributed by atoms with Crippen LogP contribution in [0.25, 0.3) is 0 Å². The Balaban J connectivity index is 2.39. The van der Waals surface area contributed by atoms with Gasteiger partial charge in [0, 0.05) is 18.8 Å². The van der Waals surface area contributed by atoms with Crippen LogP contribution in [0.15, 0.2) is 18.2 Å². The number of hydrogen-bond acceptors (Lipinski definition) is 4. The molecule has 1 saturated heterocycles. The van der Waals surface area contributed by atoms with Crippen molar-refractivity contribution in [1.29, 1.82) is 0 Å². The first-order chi connectivity index (χ1) is 8.52. The van der Waals surface area contributed by atoms with Crippen molar-refractivity contribution < 1.29 is 14.8 Å². The maximum atomic E-state index is 11.8. The molecule has 0 radical (unpaired) electrons. The highest BCUT2D eigenvalue weighted by molar-refractivity contribution is 6.18. The summed E-state index contributed by atoms with van der Waals surface area (Å²) in [6.45, 7) is 0.369. The maximum Gasteiger partial charge on any atom is 0.296 e. The number of anilines is 1. The Bertz CT molecular complexity index is 506. The van der Waals surface area contributed by atoms with E-state index in [2.05, 4.69) is 0 Å². The smallest absolute Gasteiger partial charge is 0.296 e. The number of aromatic hydroxyl groups is 1. The Morgan fingerprint density at radius 3 is 2.83 bits per heavy atom. The lowest BCUT2D eigenvalue weighted by Gasteiger charge is -2.16. The van der Waals surface area contributed by atoms with Crippen LogP contribution >= 0.6 is 11.6 Å². The molecule has 1 amide bonds. The minimum Gasteiger partial charge on any atom is -0.508 e. The van der Waals surface area contributed by atoms with Crippen LogP contribution in [0.1, 0.15) is 6.42 Å². The molecule has 0 saturated carbocycles. The van der Waals surface area contributed by atoms with Gasteiger partial charge in [0.25, 0.3) is 5.69 Å². The van der Waals surface area contributed by atoms with Crippen molar-refractivity contribution in [2.24, 2.45) is 5.92 Å². The second-order valence-electron chi connectivity index (χ2n) is 4.16. The van der Waals surface area contributed by atoms with E-state index in [4.69, 9.17) is 11.6 Å². The zero-order valence-corrected chi connectivity index (χ0v) is 10.1. The number of alkyl halides is 1. The molecule has 1 N–H and O–H groups in total. The molecule has 18 heavy (non-hydrogen) atoms. The van der Waals surface area contributed by atoms with E-state index in [1.54, 1.807) is 0 Å². The third kappa shape index (κ3) is 2.24. The van der Waals surface area contributed by atoms with E-state index in [1.165, 1.54) is 17.0 Å². The molecule has 0 aliphatic carbocycles. The van der Waals surface area contributed by atoms with Crippen molar-refractivity contribution in [3.8, 4) is 5.75 Å². The summed E-state index contributed by atoms with van der Waals surface area (Å²) >= 11 is 5.70. The van der Waals surface area contributed by atoms with Crippen molar-refractivity contribution in [3.05, 3.63) is 28.3 Å². The van der Waals surface area contributed by atoms with E-state index in [0.29, 0.717) is 18.8 Å². The quantitative estimate of drug-likeness (QED) is 0.516. The van der Waals surface area contributed by atoms with Gasteiger partial charge in [-0.05, 0) is 18.1 Å². The number of nitrogens with zero attached hydrogens (tertiary/aromatic N) is 2. The summed E-state index contributed by atoms with van der Waals surface area (Å²) in [5, 5.41) is 20.2. The molecule has 0 bridgehead atoms. The molecule has 1 aliphatic rings. The number of nitro benzene ring substituents is 1. The predicted octanol–water partition coefficient (Wildman–Crippen LogP) is 1.89. The standard InChI is InChI=1S/C11H11ClN2O4/c12-5-7-3-11(16)13(6-7)9-2-1-8(15)4-10(9)14(17)18/h1-2,4,7,15H,3,5-6H2. The number of amides is 1. The van der Waals surface area contributed by atoms with Crippen LogP contribution in [-0.2, 0) is 4.79 Å². The fraction of sp³-hybridized carbons (Fsp3) is 0.364. The summed E-state index contributed by atoms with van der Waals surface area (Å²) in [4.78, 5) is 23.4. The SMILES string of the molecule is O=C1CC(CCl)CN1c1ccc(O)cc1[N+](=O)[O-]. The topological polar surface area (TPSA) is 83.7 Å². The van der Waals surface area contributed by atoms with Crippen LogP contribution < -0.4 is 4.90 Å². The third-order valence-electron chi connectivity index (χ3n) is 2.87. The maximum absolute atomic E-state index is 11.8. The first-order valence-corrected chi connectivity index (χ1v) is 5.90. The first kappa shape index (κ1) is 12.6. The fourth-order valence-electron chi connectivity index (χ4n) is 2.00. The van der Waals surface area contributed by atoms with E-state index >= 15 is 0 Å². The summed E-state index contributed by atoms with van der Waals surface area (Å²) < 4.78 is 0. The van der Waals surface area contributed by atoms with E-state index in [9.17, 15) is 20.0 Å². The monoisotopic (exact) mass is 270 g/mol. The number of carbonyl (C=O) groups is 1. The highest BCUT2D eigenvalue weighted by atomic mass is 35.5. The van der Waals surface area contributed by atoms with Crippen LogP contribution in [0.4, 0.5) is 11.4 Å². The Morgan fingerprint density at radius 1 is 1.56 bits per heavy atom. The molecule has 1 fully saturated rings. The Morgan fingerprint density at radius 2 is 2.28 bits per heavy atom. The first-order valence-electron chi connectivity index (χ1n) is 5.36. The number of rotatable bonds is 3. The molecule has 1 aromatic rings. The molecule has 1 heterocycles. The van der Waals surface area contributed by atoms with Gasteiger partial charge in [0.2, 0.25) is 5.91 Å². The van der Waals surface area contributed by atoms with E-state index in [1.807, 2.05) is 0 Å². The van der Waals surface area contributed by atoms with E-state index in [-0.39, 0.29) is 28.9 Å². The molecule has 1 atom stereocenters. The van der Waals surface area contributed by atoms with Crippen molar-refractivity contribution >= 4 is 28.9 Å². The Kier molecular flexibility index (Phi) is 3.38. The summed E-state index contributed by atoms with van der Waals surface area (Å²) in [7, 11) is 0. The molecule has 1 aliphatic heterocycles. The zero-order valence-electron chi connectivity index (χ0n) is 9.38. The summed E-state index contributed by atoms with van der Waals surface area (Å²) in [5.41, 5.74) is -0.0750. The highest BCUT2D eigenvalue weighted by Gasteiger charge is 2.33. The fourth-order valence-corrected chi connectivity index (χ4v) is 2.21. The lowest BCUT2D eigenvalue weighted by Crippen LogP contribution is -2.25. The van der Waals surface area contributed by atoms with Gasteiger partial charge in [0.1, 0.15) is 11.4 Å². The second-order valence-corrected chi connectivity index (χ2v) is 4.47. The van der Waals surface area contributed by atoms with Gasteiger partial charge in [-0.2, -0.15) is 0 Å². The van der Waals surface area contributed by atoms with Crippen molar-refractivity contribution in [1.82, 2.24) is 0 Å². The van der Waals surface area contributed by atoms with Crippen molar-refractivity contribution in [2.45, 2.75) is 6.42 Å². The molecule has 1 unspecified atom stereocenters. The normalized spacial score (nSPS) is 19.3. The van der Waals surface area contributed by atoms with Crippen molar-refractivity contribution in [2.75, 3.05) is 17.3 Å². The molecule has 0 spiro atoms. The van der Waals surface area contributed by atoms with E-state index < -0.39 is 4.92 Å².